The van der Waals surface area contributed by atoms with Crippen LogP contribution in [0.3, 0.4) is 0 Å². The quantitative estimate of drug-likeness (QED) is 0.883. The van der Waals surface area contributed by atoms with Crippen LogP contribution >= 0.6 is 11.6 Å². The van der Waals surface area contributed by atoms with Crippen LogP contribution in [-0.2, 0) is 6.54 Å². The maximum absolute atomic E-state index is 13.3. The van der Waals surface area contributed by atoms with Gasteiger partial charge >= 0.3 is 0 Å². The van der Waals surface area contributed by atoms with Crippen LogP contribution in [-0.4, -0.2) is 4.98 Å². The van der Waals surface area contributed by atoms with Gasteiger partial charge in [0.05, 0.1) is 5.69 Å². The molecule has 0 spiro atoms. The summed E-state index contributed by atoms with van der Waals surface area (Å²) in [6.07, 6.45) is 3.40. The van der Waals surface area contributed by atoms with E-state index in [1.54, 1.807) is 18.5 Å². The lowest BCUT2D eigenvalue weighted by atomic mass is 10.2. The minimum Gasteiger partial charge on any atom is -0.379 e. The summed E-state index contributed by atoms with van der Waals surface area (Å²) in [5.41, 5.74) is 1.44. The summed E-state index contributed by atoms with van der Waals surface area (Å²) in [5.74, 6) is -0.307. The van der Waals surface area contributed by atoms with Crippen LogP contribution in [0.5, 0.6) is 0 Å². The minimum atomic E-state index is -0.307. The fraction of sp³-hybridized carbons (Fsp3) is 0.0833. The second kappa shape index (κ2) is 4.94. The van der Waals surface area contributed by atoms with E-state index in [0.29, 0.717) is 17.3 Å². The Balaban J connectivity index is 2.08. The predicted octanol–water partition coefficient (Wildman–Crippen LogP) is 3.49. The normalized spacial score (nSPS) is 10.1. The van der Waals surface area contributed by atoms with Crippen LogP contribution in [0.25, 0.3) is 0 Å². The molecule has 0 unspecified atom stereocenters. The predicted molar refractivity (Wildman–Crippen MR) is 63.0 cm³/mol. The highest BCUT2D eigenvalue weighted by atomic mass is 35.5. The zero-order chi connectivity index (χ0) is 11.4. The molecule has 0 radical (unpaired) electrons. The van der Waals surface area contributed by atoms with E-state index in [-0.39, 0.29) is 5.82 Å². The summed E-state index contributed by atoms with van der Waals surface area (Å²) in [6, 6.07) is 8.18. The molecule has 4 heteroatoms. The monoisotopic (exact) mass is 236 g/mol. The van der Waals surface area contributed by atoms with E-state index in [1.807, 2.05) is 12.1 Å². The van der Waals surface area contributed by atoms with E-state index >= 15 is 0 Å². The number of nitrogens with zero attached hydrogens (tertiary/aromatic N) is 1. The first-order valence-electron chi connectivity index (χ1n) is 4.83. The van der Waals surface area contributed by atoms with Crippen LogP contribution in [0.1, 0.15) is 5.56 Å². The molecule has 0 atom stereocenters. The number of aromatic nitrogens is 1. The molecule has 0 aliphatic heterocycles. The van der Waals surface area contributed by atoms with Gasteiger partial charge < -0.3 is 5.32 Å². The molecule has 2 nitrogen and oxygen atoms in total. The third kappa shape index (κ3) is 2.70. The van der Waals surface area contributed by atoms with Crippen LogP contribution < -0.4 is 5.32 Å². The van der Waals surface area contributed by atoms with E-state index in [9.17, 15) is 4.39 Å². The number of halogens is 2. The molecule has 1 N–H and O–H groups in total. The average molecular weight is 237 g/mol. The zero-order valence-electron chi connectivity index (χ0n) is 8.45. The molecule has 1 aromatic carbocycles. The molecule has 0 bridgehead atoms. The summed E-state index contributed by atoms with van der Waals surface area (Å²) in [5, 5.41) is 3.50. The number of hydrogen-bond donors (Lipinski definition) is 1. The van der Waals surface area contributed by atoms with E-state index < -0.39 is 0 Å². The van der Waals surface area contributed by atoms with Crippen molar-refractivity contribution in [3.05, 3.63) is 59.1 Å². The van der Waals surface area contributed by atoms with Gasteiger partial charge in [-0.3, -0.25) is 4.98 Å². The van der Waals surface area contributed by atoms with Crippen LogP contribution in [0.2, 0.25) is 5.02 Å². The first-order chi connectivity index (χ1) is 7.75. The second-order valence-electron chi connectivity index (χ2n) is 3.33. The van der Waals surface area contributed by atoms with Crippen molar-refractivity contribution < 1.29 is 4.39 Å². The lowest BCUT2D eigenvalue weighted by Gasteiger charge is -2.07. The first kappa shape index (κ1) is 10.9. The average Bonchev–Trinajstić information content (AvgIpc) is 2.32. The Hall–Kier alpha value is -1.61. The Labute approximate surface area is 98.1 Å². The third-order valence-electron chi connectivity index (χ3n) is 2.16. The smallest absolute Gasteiger partial charge is 0.146 e. The lowest BCUT2D eigenvalue weighted by molar-refractivity contribution is 0.630. The van der Waals surface area contributed by atoms with E-state index in [4.69, 9.17) is 11.6 Å². The molecule has 1 aromatic heterocycles. The minimum absolute atomic E-state index is 0.307. The fourth-order valence-electron chi connectivity index (χ4n) is 1.33. The molecule has 0 saturated carbocycles. The Morgan fingerprint density at radius 2 is 1.94 bits per heavy atom. The van der Waals surface area contributed by atoms with Gasteiger partial charge in [-0.05, 0) is 35.9 Å². The molecule has 0 amide bonds. The molecule has 0 saturated heterocycles. The number of anilines is 1. The largest absolute Gasteiger partial charge is 0.379 e. The molecule has 2 rings (SSSR count). The van der Waals surface area contributed by atoms with Gasteiger partial charge in [0.15, 0.2) is 0 Å². The third-order valence-corrected chi connectivity index (χ3v) is 2.40. The van der Waals surface area contributed by atoms with Crippen molar-refractivity contribution in [3.8, 4) is 0 Å². The van der Waals surface area contributed by atoms with E-state index in [2.05, 4.69) is 10.3 Å². The van der Waals surface area contributed by atoms with Gasteiger partial charge in [-0.1, -0.05) is 11.6 Å². The molecule has 0 aliphatic carbocycles. The van der Waals surface area contributed by atoms with Gasteiger partial charge in [-0.15, -0.1) is 0 Å². The van der Waals surface area contributed by atoms with Crippen LogP contribution in [0, 0.1) is 5.82 Å². The number of rotatable bonds is 3. The molecular formula is C12H10ClFN2. The molecule has 0 aliphatic rings. The Morgan fingerprint density at radius 1 is 1.19 bits per heavy atom. The van der Waals surface area contributed by atoms with Gasteiger partial charge in [0.2, 0.25) is 0 Å². The zero-order valence-corrected chi connectivity index (χ0v) is 9.21. The van der Waals surface area contributed by atoms with Crippen molar-refractivity contribution in [1.82, 2.24) is 4.98 Å². The van der Waals surface area contributed by atoms with Crippen molar-refractivity contribution >= 4 is 17.3 Å². The van der Waals surface area contributed by atoms with Crippen LogP contribution in [0.15, 0.2) is 42.7 Å². The SMILES string of the molecule is Fc1ccc(Cl)cc1NCc1ccncc1. The molecule has 82 valence electrons. The van der Waals surface area contributed by atoms with Crippen molar-refractivity contribution in [2.24, 2.45) is 0 Å². The van der Waals surface area contributed by atoms with Gasteiger partial charge in [-0.2, -0.15) is 0 Å². The highest BCUT2D eigenvalue weighted by Gasteiger charge is 2.02. The Bertz CT molecular complexity index is 474. The second-order valence-corrected chi connectivity index (χ2v) is 3.77. The molecule has 2 aromatic rings. The van der Waals surface area contributed by atoms with Gasteiger partial charge in [0.1, 0.15) is 5.82 Å². The van der Waals surface area contributed by atoms with E-state index in [1.165, 1.54) is 12.1 Å². The van der Waals surface area contributed by atoms with Crippen molar-refractivity contribution in [2.45, 2.75) is 6.54 Å². The number of benzene rings is 1. The summed E-state index contributed by atoms with van der Waals surface area (Å²) >= 11 is 5.78. The fourth-order valence-corrected chi connectivity index (χ4v) is 1.50. The number of hydrogen-bond acceptors (Lipinski definition) is 2. The summed E-state index contributed by atoms with van der Waals surface area (Å²) in [7, 11) is 0. The Kier molecular flexibility index (Phi) is 3.37. The number of pyridine rings is 1. The topological polar surface area (TPSA) is 24.9 Å². The maximum atomic E-state index is 13.3. The lowest BCUT2D eigenvalue weighted by Crippen LogP contribution is -2.01. The summed E-state index contributed by atoms with van der Waals surface area (Å²) < 4.78 is 13.3. The molecular weight excluding hydrogens is 227 g/mol. The van der Waals surface area contributed by atoms with Crippen molar-refractivity contribution in [2.75, 3.05) is 5.32 Å². The van der Waals surface area contributed by atoms with Gasteiger partial charge in [0.25, 0.3) is 0 Å². The van der Waals surface area contributed by atoms with Gasteiger partial charge in [0, 0.05) is 24.0 Å². The highest BCUT2D eigenvalue weighted by Crippen LogP contribution is 2.19. The summed E-state index contributed by atoms with van der Waals surface area (Å²) in [6.45, 7) is 0.541. The van der Waals surface area contributed by atoms with Gasteiger partial charge in [-0.25, -0.2) is 4.39 Å². The van der Waals surface area contributed by atoms with Crippen molar-refractivity contribution in [1.29, 1.82) is 0 Å². The maximum Gasteiger partial charge on any atom is 0.146 e. The Morgan fingerprint density at radius 3 is 2.69 bits per heavy atom. The molecule has 0 fully saturated rings. The van der Waals surface area contributed by atoms with Crippen LogP contribution in [0.4, 0.5) is 10.1 Å². The molecule has 1 heterocycles. The summed E-state index contributed by atoms with van der Waals surface area (Å²) in [4.78, 5) is 3.91. The van der Waals surface area contributed by atoms with Crippen molar-refractivity contribution in [3.63, 3.8) is 0 Å². The molecule has 16 heavy (non-hydrogen) atoms. The standard InChI is InChI=1S/C12H10ClFN2/c13-10-1-2-11(14)12(7-10)16-8-9-3-5-15-6-4-9/h1-7,16H,8H2. The van der Waals surface area contributed by atoms with E-state index in [0.717, 1.165) is 5.56 Å². The highest BCUT2D eigenvalue weighted by molar-refractivity contribution is 6.30. The number of nitrogens with one attached hydrogen (secondary N) is 1. The first-order valence-corrected chi connectivity index (χ1v) is 5.21.